The second-order valence-corrected chi connectivity index (χ2v) is 7.63. The van der Waals surface area contributed by atoms with Gasteiger partial charge in [0.15, 0.2) is 10.6 Å². The number of likely N-dealkylation sites (tertiary alicyclic amines) is 1. The molecule has 1 aliphatic carbocycles. The number of hydrogen-bond acceptors (Lipinski definition) is 3. The van der Waals surface area contributed by atoms with E-state index in [1.165, 1.54) is 38.5 Å². The lowest BCUT2D eigenvalue weighted by Crippen LogP contribution is -2.23. The van der Waals surface area contributed by atoms with Crippen molar-refractivity contribution in [3.63, 3.8) is 0 Å². The molecule has 1 aliphatic heterocycles. The third kappa shape index (κ3) is 3.05. The molecular formula is C18H23ClN4S. The molecule has 4 nitrogen and oxygen atoms in total. The summed E-state index contributed by atoms with van der Waals surface area (Å²) in [7, 11) is 0. The lowest BCUT2D eigenvalue weighted by molar-refractivity contribution is 0.252. The van der Waals surface area contributed by atoms with Crippen molar-refractivity contribution in [2.24, 2.45) is 0 Å². The highest BCUT2D eigenvalue weighted by atomic mass is 35.5. The van der Waals surface area contributed by atoms with E-state index in [2.05, 4.69) is 9.47 Å². The van der Waals surface area contributed by atoms with Crippen LogP contribution in [0.3, 0.4) is 0 Å². The van der Waals surface area contributed by atoms with Crippen LogP contribution in [0.15, 0.2) is 24.3 Å². The molecule has 128 valence electrons. The molecule has 1 aromatic carbocycles. The van der Waals surface area contributed by atoms with Crippen molar-refractivity contribution >= 4 is 23.8 Å². The molecule has 0 unspecified atom stereocenters. The van der Waals surface area contributed by atoms with E-state index in [0.717, 1.165) is 40.9 Å². The molecule has 2 fully saturated rings. The van der Waals surface area contributed by atoms with Crippen molar-refractivity contribution in [3.05, 3.63) is 34.1 Å². The van der Waals surface area contributed by atoms with Gasteiger partial charge in [-0.15, -0.1) is 0 Å². The Labute approximate surface area is 153 Å². The zero-order valence-corrected chi connectivity index (χ0v) is 15.4. The molecular weight excluding hydrogens is 340 g/mol. The van der Waals surface area contributed by atoms with Gasteiger partial charge in [-0.25, -0.2) is 4.68 Å². The molecule has 1 aromatic heterocycles. The molecule has 24 heavy (non-hydrogen) atoms. The fraction of sp³-hybridized carbons (Fsp3) is 0.556. The first-order valence-corrected chi connectivity index (χ1v) is 9.69. The first-order chi connectivity index (χ1) is 11.7. The van der Waals surface area contributed by atoms with Crippen molar-refractivity contribution in [1.29, 1.82) is 0 Å². The Morgan fingerprint density at radius 2 is 1.79 bits per heavy atom. The Hall–Kier alpha value is -1.17. The van der Waals surface area contributed by atoms with Crippen LogP contribution in [-0.4, -0.2) is 32.3 Å². The minimum atomic E-state index is 0.455. The number of benzene rings is 1. The fourth-order valence-corrected chi connectivity index (χ4v) is 4.50. The van der Waals surface area contributed by atoms with Crippen molar-refractivity contribution in [2.75, 3.05) is 13.1 Å². The molecule has 0 amide bonds. The lowest BCUT2D eigenvalue weighted by atomic mass is 10.2. The molecule has 0 spiro atoms. The average Bonchev–Trinajstić information content (AvgIpc) is 3.31. The smallest absolute Gasteiger partial charge is 0.199 e. The molecule has 2 heterocycles. The van der Waals surface area contributed by atoms with E-state index in [0.29, 0.717) is 6.04 Å². The molecule has 4 rings (SSSR count). The van der Waals surface area contributed by atoms with Gasteiger partial charge in [0.25, 0.3) is 0 Å². The summed E-state index contributed by atoms with van der Waals surface area (Å²) in [5.74, 6) is 0.927. The number of rotatable bonds is 4. The number of nitrogens with zero attached hydrogens (tertiary/aromatic N) is 4. The van der Waals surface area contributed by atoms with E-state index in [9.17, 15) is 0 Å². The molecule has 0 N–H and O–H groups in total. The fourth-order valence-electron chi connectivity index (χ4n) is 3.94. The van der Waals surface area contributed by atoms with Gasteiger partial charge in [0.2, 0.25) is 0 Å². The van der Waals surface area contributed by atoms with Crippen LogP contribution in [0.25, 0.3) is 11.4 Å². The number of aromatic nitrogens is 3. The Morgan fingerprint density at radius 3 is 2.50 bits per heavy atom. The van der Waals surface area contributed by atoms with E-state index >= 15 is 0 Å². The topological polar surface area (TPSA) is 26.0 Å². The molecule has 0 bridgehead atoms. The van der Waals surface area contributed by atoms with Crippen LogP contribution in [0.4, 0.5) is 0 Å². The van der Waals surface area contributed by atoms with Crippen LogP contribution >= 0.6 is 23.8 Å². The van der Waals surface area contributed by atoms with Crippen LogP contribution in [0.2, 0.25) is 5.02 Å². The number of hydrogen-bond donors (Lipinski definition) is 0. The van der Waals surface area contributed by atoms with Gasteiger partial charge in [-0.1, -0.05) is 36.6 Å². The quantitative estimate of drug-likeness (QED) is 0.723. The average molecular weight is 363 g/mol. The van der Waals surface area contributed by atoms with E-state index < -0.39 is 0 Å². The van der Waals surface area contributed by atoms with E-state index in [4.69, 9.17) is 28.9 Å². The Balaban J connectivity index is 1.78. The normalized spacial score (nSPS) is 19.4. The maximum Gasteiger partial charge on any atom is 0.199 e. The summed E-state index contributed by atoms with van der Waals surface area (Å²) in [6.07, 6.45) is 7.45. The zero-order valence-electron chi connectivity index (χ0n) is 13.8. The van der Waals surface area contributed by atoms with Crippen molar-refractivity contribution in [1.82, 2.24) is 19.2 Å². The van der Waals surface area contributed by atoms with Crippen LogP contribution in [-0.2, 0) is 6.67 Å². The van der Waals surface area contributed by atoms with Crippen molar-refractivity contribution in [3.8, 4) is 11.4 Å². The highest BCUT2D eigenvalue weighted by Gasteiger charge is 2.25. The Kier molecular flexibility index (Phi) is 4.74. The van der Waals surface area contributed by atoms with Gasteiger partial charge in [-0.3, -0.25) is 9.47 Å². The summed E-state index contributed by atoms with van der Waals surface area (Å²) in [5.41, 5.74) is 0.984. The lowest BCUT2D eigenvalue weighted by Gasteiger charge is -2.15. The van der Waals surface area contributed by atoms with Gasteiger partial charge in [-0.2, -0.15) is 5.10 Å². The second-order valence-electron chi connectivity index (χ2n) is 6.86. The van der Waals surface area contributed by atoms with Gasteiger partial charge >= 0.3 is 0 Å². The van der Waals surface area contributed by atoms with E-state index in [-0.39, 0.29) is 0 Å². The molecule has 0 atom stereocenters. The van der Waals surface area contributed by atoms with Gasteiger partial charge in [0.1, 0.15) is 0 Å². The standard InChI is InChI=1S/C18H23ClN4S/c19-16-10-4-3-9-15(16)17-20-22(13-21-11-5-6-12-21)18(24)23(17)14-7-1-2-8-14/h3-4,9-10,14H,1-2,5-8,11-13H2. The van der Waals surface area contributed by atoms with Crippen LogP contribution in [0.1, 0.15) is 44.6 Å². The molecule has 6 heteroatoms. The molecule has 1 saturated heterocycles. The highest BCUT2D eigenvalue weighted by Crippen LogP contribution is 2.35. The number of halogens is 1. The van der Waals surface area contributed by atoms with Gasteiger partial charge < -0.3 is 0 Å². The molecule has 2 aliphatic rings. The van der Waals surface area contributed by atoms with Crippen LogP contribution in [0.5, 0.6) is 0 Å². The van der Waals surface area contributed by atoms with Gasteiger partial charge in [0, 0.05) is 11.6 Å². The summed E-state index contributed by atoms with van der Waals surface area (Å²) in [6, 6.07) is 8.41. The summed E-state index contributed by atoms with van der Waals surface area (Å²) in [4.78, 5) is 2.43. The first kappa shape index (κ1) is 16.3. The van der Waals surface area contributed by atoms with Gasteiger partial charge in [-0.05, 0) is 63.1 Å². The summed E-state index contributed by atoms with van der Waals surface area (Å²) >= 11 is 12.3. The summed E-state index contributed by atoms with van der Waals surface area (Å²) in [6.45, 7) is 3.06. The SMILES string of the molecule is S=c1n(CN2CCCC2)nc(-c2ccccc2Cl)n1C1CCCC1. The molecule has 0 radical (unpaired) electrons. The largest absolute Gasteiger partial charge is 0.297 e. The van der Waals surface area contributed by atoms with Gasteiger partial charge in [0.05, 0.1) is 11.7 Å². The molecule has 2 aromatic rings. The Bertz CT molecular complexity index is 770. The maximum absolute atomic E-state index is 6.46. The highest BCUT2D eigenvalue weighted by molar-refractivity contribution is 7.71. The summed E-state index contributed by atoms with van der Waals surface area (Å²) in [5, 5.41) is 5.64. The first-order valence-electron chi connectivity index (χ1n) is 8.90. The monoisotopic (exact) mass is 362 g/mol. The minimum Gasteiger partial charge on any atom is -0.297 e. The van der Waals surface area contributed by atoms with E-state index in [1.807, 2.05) is 28.9 Å². The van der Waals surface area contributed by atoms with Crippen molar-refractivity contribution in [2.45, 2.75) is 51.2 Å². The van der Waals surface area contributed by atoms with Crippen LogP contribution in [0, 0.1) is 4.77 Å². The van der Waals surface area contributed by atoms with E-state index in [1.54, 1.807) is 0 Å². The molecule has 1 saturated carbocycles. The van der Waals surface area contributed by atoms with Crippen molar-refractivity contribution < 1.29 is 0 Å². The summed E-state index contributed by atoms with van der Waals surface area (Å²) < 4.78 is 5.10. The zero-order chi connectivity index (χ0) is 16.5. The third-order valence-electron chi connectivity index (χ3n) is 5.21. The predicted molar refractivity (Wildman–Crippen MR) is 99.8 cm³/mol. The maximum atomic E-state index is 6.46. The third-order valence-corrected chi connectivity index (χ3v) is 5.94. The second kappa shape index (κ2) is 6.98. The van der Waals surface area contributed by atoms with Crippen LogP contribution < -0.4 is 0 Å². The minimum absolute atomic E-state index is 0.455. The Morgan fingerprint density at radius 1 is 1.08 bits per heavy atom. The predicted octanol–water partition coefficient (Wildman–Crippen LogP) is 4.90.